The fraction of sp³-hybridized carbons (Fsp3) is 0.533. The van der Waals surface area contributed by atoms with E-state index in [1.54, 1.807) is 30.1 Å². The Balaban J connectivity index is 0.00000220. The summed E-state index contributed by atoms with van der Waals surface area (Å²) < 4.78 is 5.07. The Morgan fingerprint density at radius 1 is 1.48 bits per heavy atom. The molecule has 2 unspecified atom stereocenters. The number of benzene rings is 1. The van der Waals surface area contributed by atoms with E-state index in [0.717, 1.165) is 24.8 Å². The van der Waals surface area contributed by atoms with E-state index in [1.807, 2.05) is 0 Å². The average molecular weight is 315 g/mol. The van der Waals surface area contributed by atoms with Crippen LogP contribution in [0.5, 0.6) is 11.5 Å². The Labute approximate surface area is 131 Å². The lowest BCUT2D eigenvalue weighted by Gasteiger charge is -2.21. The lowest BCUT2D eigenvalue weighted by atomic mass is 10.1. The highest BCUT2D eigenvalue weighted by molar-refractivity contribution is 5.85. The topological polar surface area (TPSA) is 75.8 Å². The largest absolute Gasteiger partial charge is 0.504 e. The van der Waals surface area contributed by atoms with Crippen molar-refractivity contribution in [2.45, 2.75) is 31.8 Å². The van der Waals surface area contributed by atoms with Crippen molar-refractivity contribution in [3.8, 4) is 11.5 Å². The van der Waals surface area contributed by atoms with Crippen molar-refractivity contribution in [1.29, 1.82) is 0 Å². The molecule has 2 rings (SSSR count). The zero-order valence-electron chi connectivity index (χ0n) is 12.4. The summed E-state index contributed by atoms with van der Waals surface area (Å²) in [4.78, 5) is 14.0. The highest BCUT2D eigenvalue weighted by Gasteiger charge is 2.29. The molecule has 1 aromatic rings. The monoisotopic (exact) mass is 314 g/mol. The molecule has 1 fully saturated rings. The summed E-state index contributed by atoms with van der Waals surface area (Å²) in [7, 11) is 3.30. The molecule has 6 heteroatoms. The van der Waals surface area contributed by atoms with Gasteiger partial charge in [0.15, 0.2) is 11.5 Å². The lowest BCUT2D eigenvalue weighted by molar-refractivity contribution is -0.134. The van der Waals surface area contributed by atoms with Gasteiger partial charge in [-0.3, -0.25) is 4.79 Å². The fourth-order valence-corrected chi connectivity index (χ4v) is 2.72. The predicted octanol–water partition coefficient (Wildman–Crippen LogP) is 1.91. The molecule has 1 aromatic carbocycles. The first kappa shape index (κ1) is 17.6. The highest BCUT2D eigenvalue weighted by atomic mass is 35.5. The number of ether oxygens (including phenoxy) is 1. The molecule has 5 nitrogen and oxygen atoms in total. The molecule has 0 aliphatic heterocycles. The molecule has 1 aliphatic rings. The number of halogens is 1. The third kappa shape index (κ3) is 4.25. The van der Waals surface area contributed by atoms with Crippen LogP contribution >= 0.6 is 12.4 Å². The van der Waals surface area contributed by atoms with Gasteiger partial charge in [0.05, 0.1) is 7.11 Å². The van der Waals surface area contributed by atoms with Crippen LogP contribution in [0.3, 0.4) is 0 Å². The number of carbonyl (C=O) groups excluding carboxylic acids is 1. The van der Waals surface area contributed by atoms with Gasteiger partial charge < -0.3 is 20.5 Å². The molecule has 0 saturated heterocycles. The van der Waals surface area contributed by atoms with Crippen LogP contribution < -0.4 is 10.5 Å². The fourth-order valence-electron chi connectivity index (χ4n) is 2.72. The molecule has 0 spiro atoms. The van der Waals surface area contributed by atoms with Gasteiger partial charge in [-0.2, -0.15) is 0 Å². The van der Waals surface area contributed by atoms with Crippen molar-refractivity contribution in [2.75, 3.05) is 14.2 Å². The van der Waals surface area contributed by atoms with Crippen LogP contribution in [0, 0.1) is 5.92 Å². The van der Waals surface area contributed by atoms with Gasteiger partial charge in [0.1, 0.15) is 0 Å². The maximum absolute atomic E-state index is 12.3. The first-order chi connectivity index (χ1) is 9.51. The second kappa shape index (κ2) is 7.52. The number of amides is 1. The number of carbonyl (C=O) groups is 1. The highest BCUT2D eigenvalue weighted by Crippen LogP contribution is 2.28. The predicted molar refractivity (Wildman–Crippen MR) is 83.7 cm³/mol. The maximum atomic E-state index is 12.3. The molecule has 0 aromatic heterocycles. The normalized spacial score (nSPS) is 20.7. The van der Waals surface area contributed by atoms with Crippen LogP contribution in [-0.4, -0.2) is 36.1 Å². The standard InChI is InChI=1S/C15H22N2O3.ClH/c1-17(15(19)11-4-5-12(16)8-11)9-10-3-6-13(18)14(7-10)20-2;/h3,6-7,11-12,18H,4-5,8-9,16H2,1-2H3;1H. The van der Waals surface area contributed by atoms with Gasteiger partial charge in [0.2, 0.25) is 5.91 Å². The van der Waals surface area contributed by atoms with Crippen LogP contribution in [0.2, 0.25) is 0 Å². The molecule has 1 amide bonds. The van der Waals surface area contributed by atoms with E-state index in [-0.39, 0.29) is 36.0 Å². The zero-order chi connectivity index (χ0) is 14.7. The summed E-state index contributed by atoms with van der Waals surface area (Å²) in [5.41, 5.74) is 6.78. The minimum Gasteiger partial charge on any atom is -0.504 e. The second-order valence-corrected chi connectivity index (χ2v) is 5.47. The molecule has 3 N–H and O–H groups in total. The van der Waals surface area contributed by atoms with Crippen LogP contribution in [0.1, 0.15) is 24.8 Å². The van der Waals surface area contributed by atoms with Gasteiger partial charge in [-0.1, -0.05) is 6.07 Å². The maximum Gasteiger partial charge on any atom is 0.225 e. The number of phenols is 1. The van der Waals surface area contributed by atoms with E-state index in [9.17, 15) is 9.90 Å². The van der Waals surface area contributed by atoms with Crippen molar-refractivity contribution in [2.24, 2.45) is 11.7 Å². The molecule has 0 bridgehead atoms. The van der Waals surface area contributed by atoms with E-state index >= 15 is 0 Å². The van der Waals surface area contributed by atoms with E-state index in [0.29, 0.717) is 12.3 Å². The molecule has 1 saturated carbocycles. The van der Waals surface area contributed by atoms with Crippen molar-refractivity contribution in [1.82, 2.24) is 4.90 Å². The SMILES string of the molecule is COc1cc(CN(C)C(=O)C2CCC(N)C2)ccc1O.Cl. The number of phenolic OH excluding ortho intramolecular Hbond substituents is 1. The summed E-state index contributed by atoms with van der Waals surface area (Å²) in [5.74, 6) is 0.720. The van der Waals surface area contributed by atoms with Crippen molar-refractivity contribution in [3.05, 3.63) is 23.8 Å². The van der Waals surface area contributed by atoms with Gasteiger partial charge >= 0.3 is 0 Å². The van der Waals surface area contributed by atoms with Crippen molar-refractivity contribution >= 4 is 18.3 Å². The van der Waals surface area contributed by atoms with Crippen LogP contribution in [0.15, 0.2) is 18.2 Å². The number of hydrogen-bond donors (Lipinski definition) is 2. The molecule has 0 radical (unpaired) electrons. The number of methoxy groups -OCH3 is 1. The van der Waals surface area contributed by atoms with Crippen LogP contribution in [0.25, 0.3) is 0 Å². The number of rotatable bonds is 4. The second-order valence-electron chi connectivity index (χ2n) is 5.47. The summed E-state index contributed by atoms with van der Waals surface area (Å²) in [6.45, 7) is 0.501. The van der Waals surface area contributed by atoms with E-state index in [4.69, 9.17) is 10.5 Å². The molecule has 2 atom stereocenters. The van der Waals surface area contributed by atoms with Gasteiger partial charge in [0, 0.05) is 25.6 Å². The number of nitrogens with zero attached hydrogens (tertiary/aromatic N) is 1. The molecule has 1 aliphatic carbocycles. The lowest BCUT2D eigenvalue weighted by Crippen LogP contribution is -2.32. The van der Waals surface area contributed by atoms with E-state index in [1.165, 1.54) is 7.11 Å². The van der Waals surface area contributed by atoms with Gasteiger partial charge in [-0.05, 0) is 37.0 Å². The molecule has 0 heterocycles. The summed E-state index contributed by atoms with van der Waals surface area (Å²) in [6, 6.07) is 5.28. The van der Waals surface area contributed by atoms with Crippen LogP contribution in [-0.2, 0) is 11.3 Å². The van der Waals surface area contributed by atoms with E-state index in [2.05, 4.69) is 0 Å². The number of hydrogen-bond acceptors (Lipinski definition) is 4. The minimum absolute atomic E-state index is 0. The third-order valence-electron chi connectivity index (χ3n) is 3.86. The molecular weight excluding hydrogens is 292 g/mol. The van der Waals surface area contributed by atoms with Crippen molar-refractivity contribution < 1.29 is 14.6 Å². The number of nitrogens with two attached hydrogens (primary N) is 1. The minimum atomic E-state index is 0. The Hall–Kier alpha value is -1.46. The van der Waals surface area contributed by atoms with E-state index < -0.39 is 0 Å². The first-order valence-electron chi connectivity index (χ1n) is 6.87. The third-order valence-corrected chi connectivity index (χ3v) is 3.86. The molecule has 118 valence electrons. The Morgan fingerprint density at radius 2 is 2.19 bits per heavy atom. The quantitative estimate of drug-likeness (QED) is 0.890. The molecule has 21 heavy (non-hydrogen) atoms. The van der Waals surface area contributed by atoms with Crippen molar-refractivity contribution in [3.63, 3.8) is 0 Å². The van der Waals surface area contributed by atoms with Gasteiger partial charge in [-0.15, -0.1) is 12.4 Å². The summed E-state index contributed by atoms with van der Waals surface area (Å²) >= 11 is 0. The first-order valence-corrected chi connectivity index (χ1v) is 6.87. The van der Waals surface area contributed by atoms with Gasteiger partial charge in [0.25, 0.3) is 0 Å². The van der Waals surface area contributed by atoms with Crippen LogP contribution in [0.4, 0.5) is 0 Å². The summed E-state index contributed by atoms with van der Waals surface area (Å²) in [6.07, 6.45) is 2.59. The smallest absolute Gasteiger partial charge is 0.225 e. The Bertz CT molecular complexity index is 496. The average Bonchev–Trinajstić information content (AvgIpc) is 2.86. The Kier molecular flexibility index (Phi) is 6.30. The molecular formula is C15H23ClN2O3. The van der Waals surface area contributed by atoms with Gasteiger partial charge in [-0.25, -0.2) is 0 Å². The Morgan fingerprint density at radius 3 is 2.76 bits per heavy atom. The number of aromatic hydroxyl groups is 1. The summed E-state index contributed by atoms with van der Waals surface area (Å²) in [5, 5.41) is 9.56. The zero-order valence-corrected chi connectivity index (χ0v) is 13.2.